The van der Waals surface area contributed by atoms with Crippen molar-refractivity contribution in [3.05, 3.63) is 88.8 Å². The number of fused-ring (bicyclic) bond motifs is 1. The summed E-state index contributed by atoms with van der Waals surface area (Å²) in [5.74, 6) is 0.745. The Labute approximate surface area is 207 Å². The molecule has 8 heteroatoms. The molecule has 4 aromatic heterocycles. The third kappa shape index (κ3) is 4.00. The number of rotatable bonds is 6. The Balaban J connectivity index is 1.34. The van der Waals surface area contributed by atoms with Crippen molar-refractivity contribution in [3.8, 4) is 16.5 Å². The van der Waals surface area contributed by atoms with Gasteiger partial charge >= 0.3 is 0 Å². The first-order valence-corrected chi connectivity index (χ1v) is 12.5. The molecule has 174 valence electrons. The molecule has 5 aromatic rings. The number of carbonyl (C=O) groups excluding carboxylic acids is 1. The maximum atomic E-state index is 13.6. The van der Waals surface area contributed by atoms with Gasteiger partial charge in [0, 0.05) is 37.3 Å². The van der Waals surface area contributed by atoms with Crippen molar-refractivity contribution in [1.29, 1.82) is 0 Å². The molecule has 35 heavy (non-hydrogen) atoms. The van der Waals surface area contributed by atoms with E-state index in [-0.39, 0.29) is 5.91 Å². The predicted octanol–water partition coefficient (Wildman–Crippen LogP) is 5.40. The maximum absolute atomic E-state index is 13.6. The minimum Gasteiger partial charge on any atom is -0.337 e. The molecule has 0 aliphatic heterocycles. The molecule has 1 aliphatic carbocycles. The highest BCUT2D eigenvalue weighted by molar-refractivity contribution is 7.13. The fraction of sp³-hybridized carbons (Fsp3) is 0.222. The van der Waals surface area contributed by atoms with Gasteiger partial charge in [0.25, 0.3) is 11.9 Å². The van der Waals surface area contributed by atoms with E-state index in [0.29, 0.717) is 24.0 Å². The van der Waals surface area contributed by atoms with Crippen LogP contribution in [0.15, 0.2) is 66.4 Å². The number of nitrogens with zero attached hydrogens (tertiary/aromatic N) is 6. The highest BCUT2D eigenvalue weighted by Gasteiger charge is 2.34. The van der Waals surface area contributed by atoms with Gasteiger partial charge in [-0.3, -0.25) is 9.78 Å². The molecule has 0 unspecified atom stereocenters. The monoisotopic (exact) mass is 480 g/mol. The van der Waals surface area contributed by atoms with Crippen molar-refractivity contribution in [1.82, 2.24) is 29.6 Å². The normalized spacial score (nSPS) is 13.3. The molecule has 1 saturated carbocycles. The van der Waals surface area contributed by atoms with Gasteiger partial charge in [0.2, 0.25) is 0 Å². The number of carbonyl (C=O) groups is 1. The van der Waals surface area contributed by atoms with Crippen LogP contribution in [0.3, 0.4) is 0 Å². The van der Waals surface area contributed by atoms with Gasteiger partial charge < -0.3 is 4.90 Å². The van der Waals surface area contributed by atoms with Crippen LogP contribution in [0.1, 0.15) is 45.9 Å². The Bertz CT molecular complexity index is 1530. The van der Waals surface area contributed by atoms with Gasteiger partial charge in [-0.15, -0.1) is 11.3 Å². The minimum absolute atomic E-state index is 0.0513. The quantitative estimate of drug-likeness (QED) is 0.325. The third-order valence-corrected chi connectivity index (χ3v) is 7.27. The van der Waals surface area contributed by atoms with E-state index in [9.17, 15) is 4.79 Å². The number of pyridine rings is 1. The van der Waals surface area contributed by atoms with E-state index in [4.69, 9.17) is 4.98 Å². The lowest BCUT2D eigenvalue weighted by Gasteiger charge is -2.19. The molecule has 0 N–H and O–H groups in total. The molecule has 0 saturated heterocycles. The average Bonchev–Trinajstić information content (AvgIpc) is 3.38. The Morgan fingerprint density at radius 2 is 2.00 bits per heavy atom. The Kier molecular flexibility index (Phi) is 5.37. The second-order valence-corrected chi connectivity index (χ2v) is 9.90. The van der Waals surface area contributed by atoms with Crippen LogP contribution in [-0.4, -0.2) is 42.6 Å². The molecule has 1 amide bonds. The van der Waals surface area contributed by atoms with Crippen LogP contribution in [0, 0.1) is 6.92 Å². The van der Waals surface area contributed by atoms with E-state index in [1.165, 1.54) is 0 Å². The summed E-state index contributed by atoms with van der Waals surface area (Å²) in [6, 6.07) is 14.1. The molecule has 1 fully saturated rings. The number of aryl methyl sites for hydroxylation is 1. The second-order valence-electron chi connectivity index (χ2n) is 8.96. The van der Waals surface area contributed by atoms with Gasteiger partial charge in [0.1, 0.15) is 0 Å². The van der Waals surface area contributed by atoms with E-state index in [1.807, 2.05) is 61.9 Å². The summed E-state index contributed by atoms with van der Waals surface area (Å²) in [6.45, 7) is 2.50. The van der Waals surface area contributed by atoms with E-state index in [1.54, 1.807) is 33.3 Å². The lowest BCUT2D eigenvalue weighted by molar-refractivity contribution is 0.0784. The number of hydrogen-bond donors (Lipinski definition) is 0. The summed E-state index contributed by atoms with van der Waals surface area (Å²) in [4.78, 5) is 30.3. The maximum Gasteiger partial charge on any atom is 0.257 e. The molecule has 0 spiro atoms. The highest BCUT2D eigenvalue weighted by atomic mass is 32.1. The Morgan fingerprint density at radius 1 is 1.11 bits per heavy atom. The van der Waals surface area contributed by atoms with Crippen molar-refractivity contribution in [2.24, 2.45) is 0 Å². The number of thiophene rings is 1. The molecule has 1 aromatic carbocycles. The van der Waals surface area contributed by atoms with Crippen molar-refractivity contribution >= 4 is 28.1 Å². The Hall–Kier alpha value is -3.91. The van der Waals surface area contributed by atoms with Crippen molar-refractivity contribution in [2.75, 3.05) is 7.05 Å². The first-order chi connectivity index (χ1) is 17.1. The SMILES string of the molecule is Cc1cnc(-n2ncc(C(=O)N(C)Cc3cccc4ncccc34)c2C2CC2)nc1-c1cccs1. The van der Waals surface area contributed by atoms with Crippen LogP contribution >= 0.6 is 11.3 Å². The lowest BCUT2D eigenvalue weighted by atomic mass is 10.1. The van der Waals surface area contributed by atoms with Crippen LogP contribution in [0.5, 0.6) is 0 Å². The van der Waals surface area contributed by atoms with Gasteiger partial charge in [0.05, 0.1) is 33.5 Å². The van der Waals surface area contributed by atoms with Gasteiger partial charge in [-0.2, -0.15) is 5.10 Å². The molecule has 0 atom stereocenters. The summed E-state index contributed by atoms with van der Waals surface area (Å²) in [5, 5.41) is 7.70. The first-order valence-electron chi connectivity index (χ1n) is 11.6. The number of benzene rings is 1. The molecule has 0 bridgehead atoms. The van der Waals surface area contributed by atoms with Crippen LogP contribution in [0.25, 0.3) is 27.4 Å². The van der Waals surface area contributed by atoms with E-state index in [2.05, 4.69) is 21.1 Å². The molecular formula is C27H24N6OS. The molecule has 0 radical (unpaired) electrons. The summed E-state index contributed by atoms with van der Waals surface area (Å²) in [7, 11) is 1.84. The van der Waals surface area contributed by atoms with Gasteiger partial charge in [0.15, 0.2) is 0 Å². The number of amides is 1. The lowest BCUT2D eigenvalue weighted by Crippen LogP contribution is -2.27. The number of aromatic nitrogens is 5. The van der Waals surface area contributed by atoms with E-state index in [0.717, 1.165) is 51.1 Å². The van der Waals surface area contributed by atoms with Crippen molar-refractivity contribution < 1.29 is 4.79 Å². The van der Waals surface area contributed by atoms with E-state index < -0.39 is 0 Å². The molecular weight excluding hydrogens is 456 g/mol. The van der Waals surface area contributed by atoms with Crippen molar-refractivity contribution in [3.63, 3.8) is 0 Å². The van der Waals surface area contributed by atoms with Crippen LogP contribution in [0.4, 0.5) is 0 Å². The van der Waals surface area contributed by atoms with Crippen LogP contribution in [-0.2, 0) is 6.54 Å². The molecule has 1 aliphatic rings. The topological polar surface area (TPSA) is 76.8 Å². The van der Waals surface area contributed by atoms with E-state index >= 15 is 0 Å². The van der Waals surface area contributed by atoms with Gasteiger partial charge in [-0.25, -0.2) is 14.6 Å². The fourth-order valence-corrected chi connectivity index (χ4v) is 5.25. The summed E-state index contributed by atoms with van der Waals surface area (Å²) < 4.78 is 1.76. The molecule has 4 heterocycles. The van der Waals surface area contributed by atoms with Gasteiger partial charge in [-0.05, 0) is 54.5 Å². The number of hydrogen-bond acceptors (Lipinski definition) is 6. The molecule has 6 rings (SSSR count). The second kappa shape index (κ2) is 8.70. The fourth-order valence-electron chi connectivity index (χ4n) is 4.47. The average molecular weight is 481 g/mol. The minimum atomic E-state index is -0.0513. The zero-order chi connectivity index (χ0) is 23.9. The standard InChI is InChI=1S/C27H24N6OS/c1-17-14-29-27(31-24(17)23-9-5-13-35-23)33-25(18-10-11-18)21(15-30-33)26(34)32(2)16-19-6-3-8-22-20(19)7-4-12-28-22/h3-9,12-15,18H,10-11,16H2,1-2H3. The first kappa shape index (κ1) is 21.6. The van der Waals surface area contributed by atoms with Crippen molar-refractivity contribution in [2.45, 2.75) is 32.2 Å². The van der Waals surface area contributed by atoms with Gasteiger partial charge in [-0.1, -0.05) is 24.3 Å². The summed E-state index contributed by atoms with van der Waals surface area (Å²) in [6.07, 6.45) is 7.36. The third-order valence-electron chi connectivity index (χ3n) is 6.39. The predicted molar refractivity (Wildman–Crippen MR) is 137 cm³/mol. The zero-order valence-electron chi connectivity index (χ0n) is 19.5. The largest absolute Gasteiger partial charge is 0.337 e. The Morgan fingerprint density at radius 3 is 2.80 bits per heavy atom. The highest BCUT2D eigenvalue weighted by Crippen LogP contribution is 2.42. The summed E-state index contributed by atoms with van der Waals surface area (Å²) >= 11 is 1.65. The zero-order valence-corrected chi connectivity index (χ0v) is 20.4. The summed E-state index contributed by atoms with van der Waals surface area (Å²) in [5.41, 5.74) is 5.43. The van der Waals surface area contributed by atoms with Crippen LogP contribution in [0.2, 0.25) is 0 Å². The molecule has 7 nitrogen and oxygen atoms in total. The smallest absolute Gasteiger partial charge is 0.257 e. The van der Waals surface area contributed by atoms with Crippen LogP contribution < -0.4 is 0 Å².